The molecule has 28 heavy (non-hydrogen) atoms. The van der Waals surface area contributed by atoms with Crippen molar-refractivity contribution in [2.45, 2.75) is 47.5 Å². The van der Waals surface area contributed by atoms with Gasteiger partial charge in [-0.3, -0.25) is 9.59 Å². The summed E-state index contributed by atoms with van der Waals surface area (Å²) in [7, 11) is 0. The first-order chi connectivity index (χ1) is 13.3. The molecule has 3 aromatic rings. The highest BCUT2D eigenvalue weighted by Crippen LogP contribution is 2.17. The maximum Gasteiger partial charge on any atom is 0.306 e. The molecule has 0 fully saturated rings. The van der Waals surface area contributed by atoms with Gasteiger partial charge in [-0.05, 0) is 58.2 Å². The standard InChI is InChI=1S/C22H25N3O3/c1-13-6-7-14(2)19(10-13)20(26)12-28-22(27)9-8-18-16(4)23-21-11-15(3)24-25(21)17(18)5/h6-7,10-11H,8-9,12H2,1-5H3. The highest BCUT2D eigenvalue weighted by molar-refractivity contribution is 5.99. The first-order valence-electron chi connectivity index (χ1n) is 9.35. The summed E-state index contributed by atoms with van der Waals surface area (Å²) in [5.74, 6) is -0.578. The Morgan fingerprint density at radius 1 is 1.07 bits per heavy atom. The third-order valence-corrected chi connectivity index (χ3v) is 4.92. The highest BCUT2D eigenvalue weighted by Gasteiger charge is 2.15. The summed E-state index contributed by atoms with van der Waals surface area (Å²) >= 11 is 0. The van der Waals surface area contributed by atoms with E-state index in [1.165, 1.54) is 0 Å². The second kappa shape index (κ2) is 7.92. The number of ketones is 1. The molecule has 0 radical (unpaired) electrons. The van der Waals surface area contributed by atoms with Crippen LogP contribution in [0, 0.1) is 34.6 Å². The SMILES string of the molecule is Cc1ccc(C)c(C(=O)COC(=O)CCc2c(C)nc3cc(C)nn3c2C)c1. The highest BCUT2D eigenvalue weighted by atomic mass is 16.5. The number of benzene rings is 1. The maximum atomic E-state index is 12.4. The van der Waals surface area contributed by atoms with E-state index in [-0.39, 0.29) is 18.8 Å². The van der Waals surface area contributed by atoms with Crippen molar-refractivity contribution in [1.29, 1.82) is 0 Å². The zero-order chi connectivity index (χ0) is 20.4. The molecule has 3 rings (SSSR count). The van der Waals surface area contributed by atoms with Crippen molar-refractivity contribution in [2.75, 3.05) is 6.61 Å². The van der Waals surface area contributed by atoms with E-state index in [4.69, 9.17) is 4.74 Å². The number of hydrogen-bond donors (Lipinski definition) is 0. The second-order valence-corrected chi connectivity index (χ2v) is 7.22. The monoisotopic (exact) mass is 379 g/mol. The summed E-state index contributed by atoms with van der Waals surface area (Å²) in [6.07, 6.45) is 0.686. The van der Waals surface area contributed by atoms with E-state index in [0.29, 0.717) is 12.0 Å². The zero-order valence-electron chi connectivity index (χ0n) is 17.0. The van der Waals surface area contributed by atoms with Crippen LogP contribution in [0.4, 0.5) is 0 Å². The number of aryl methyl sites for hydroxylation is 5. The number of hydrogen-bond acceptors (Lipinski definition) is 5. The predicted molar refractivity (Wildman–Crippen MR) is 107 cm³/mol. The molecule has 6 nitrogen and oxygen atoms in total. The van der Waals surface area contributed by atoms with Crippen LogP contribution in [0.5, 0.6) is 0 Å². The number of carbonyl (C=O) groups is 2. The van der Waals surface area contributed by atoms with Gasteiger partial charge in [0.25, 0.3) is 0 Å². The lowest BCUT2D eigenvalue weighted by atomic mass is 10.0. The Kier molecular flexibility index (Phi) is 5.58. The molecule has 146 valence electrons. The van der Waals surface area contributed by atoms with Gasteiger partial charge in [-0.25, -0.2) is 9.50 Å². The quantitative estimate of drug-likeness (QED) is 0.483. The fourth-order valence-electron chi connectivity index (χ4n) is 3.36. The van der Waals surface area contributed by atoms with Gasteiger partial charge in [0, 0.05) is 29.4 Å². The van der Waals surface area contributed by atoms with E-state index in [2.05, 4.69) is 10.1 Å². The Morgan fingerprint density at radius 3 is 2.57 bits per heavy atom. The molecule has 0 aliphatic carbocycles. The van der Waals surface area contributed by atoms with Gasteiger partial charge < -0.3 is 4.74 Å². The van der Waals surface area contributed by atoms with Crippen LogP contribution in [-0.4, -0.2) is 33.0 Å². The van der Waals surface area contributed by atoms with Crippen molar-refractivity contribution in [1.82, 2.24) is 14.6 Å². The topological polar surface area (TPSA) is 73.6 Å². The lowest BCUT2D eigenvalue weighted by Gasteiger charge is -2.11. The number of nitrogens with zero attached hydrogens (tertiary/aromatic N) is 3. The Balaban J connectivity index is 1.62. The van der Waals surface area contributed by atoms with Crippen LogP contribution in [0.25, 0.3) is 5.65 Å². The molecule has 0 unspecified atom stereocenters. The third-order valence-electron chi connectivity index (χ3n) is 4.92. The van der Waals surface area contributed by atoms with E-state index >= 15 is 0 Å². The summed E-state index contributed by atoms with van der Waals surface area (Å²) in [4.78, 5) is 29.1. The van der Waals surface area contributed by atoms with Gasteiger partial charge >= 0.3 is 5.97 Å². The average molecular weight is 379 g/mol. The van der Waals surface area contributed by atoms with Crippen molar-refractivity contribution < 1.29 is 14.3 Å². The third kappa shape index (κ3) is 4.11. The van der Waals surface area contributed by atoms with E-state index in [9.17, 15) is 9.59 Å². The Morgan fingerprint density at radius 2 is 1.82 bits per heavy atom. The first kappa shape index (κ1) is 19.7. The van der Waals surface area contributed by atoms with Gasteiger partial charge in [0.2, 0.25) is 5.78 Å². The molecule has 0 bridgehead atoms. The Labute approximate surface area is 164 Å². The molecular weight excluding hydrogens is 354 g/mol. The minimum atomic E-state index is -0.394. The summed E-state index contributed by atoms with van der Waals surface area (Å²) in [5.41, 5.74) is 7.01. The number of carbonyl (C=O) groups excluding carboxylic acids is 2. The molecule has 0 saturated heterocycles. The normalized spacial score (nSPS) is 11.0. The van der Waals surface area contributed by atoms with Crippen LogP contribution in [0.2, 0.25) is 0 Å². The number of aromatic nitrogens is 3. The molecule has 0 atom stereocenters. The van der Waals surface area contributed by atoms with E-state index < -0.39 is 5.97 Å². The van der Waals surface area contributed by atoms with Gasteiger partial charge in [-0.2, -0.15) is 5.10 Å². The molecule has 0 aliphatic heterocycles. The molecule has 0 N–H and O–H groups in total. The van der Waals surface area contributed by atoms with Crippen molar-refractivity contribution >= 4 is 17.4 Å². The Bertz CT molecular complexity index is 1070. The molecule has 0 saturated carbocycles. The number of fused-ring (bicyclic) bond motifs is 1. The van der Waals surface area contributed by atoms with Crippen molar-refractivity contribution in [3.05, 3.63) is 63.6 Å². The molecule has 0 spiro atoms. The average Bonchev–Trinajstić information content (AvgIpc) is 3.01. The number of esters is 1. The minimum absolute atomic E-state index is 0.183. The fourth-order valence-corrected chi connectivity index (χ4v) is 3.36. The van der Waals surface area contributed by atoms with Crippen LogP contribution in [0.3, 0.4) is 0 Å². The van der Waals surface area contributed by atoms with E-state index in [0.717, 1.165) is 39.4 Å². The summed E-state index contributed by atoms with van der Waals surface area (Å²) in [5, 5.41) is 4.44. The van der Waals surface area contributed by atoms with Gasteiger partial charge in [-0.1, -0.05) is 17.7 Å². The van der Waals surface area contributed by atoms with Gasteiger partial charge in [0.1, 0.15) is 0 Å². The molecule has 0 aliphatic rings. The van der Waals surface area contributed by atoms with Crippen molar-refractivity contribution in [3.8, 4) is 0 Å². The van der Waals surface area contributed by atoms with Gasteiger partial charge in [0.05, 0.1) is 5.69 Å². The largest absolute Gasteiger partial charge is 0.457 e. The summed E-state index contributed by atoms with van der Waals surface area (Å²) < 4.78 is 7.01. The lowest BCUT2D eigenvalue weighted by molar-refractivity contribution is -0.142. The summed E-state index contributed by atoms with van der Waals surface area (Å²) in [6, 6.07) is 7.60. The van der Waals surface area contributed by atoms with Crippen LogP contribution in [-0.2, 0) is 16.0 Å². The molecule has 1 aromatic carbocycles. The molecular formula is C22H25N3O3. The maximum absolute atomic E-state index is 12.4. The zero-order valence-corrected chi connectivity index (χ0v) is 17.0. The van der Waals surface area contributed by atoms with Crippen molar-refractivity contribution in [2.24, 2.45) is 0 Å². The van der Waals surface area contributed by atoms with Gasteiger partial charge in [0.15, 0.2) is 12.3 Å². The predicted octanol–water partition coefficient (Wildman–Crippen LogP) is 3.63. The fraction of sp³-hybridized carbons (Fsp3) is 0.364. The number of ether oxygens (including phenoxy) is 1. The molecule has 0 amide bonds. The van der Waals surface area contributed by atoms with E-state index in [1.807, 2.05) is 58.9 Å². The number of rotatable bonds is 6. The van der Waals surface area contributed by atoms with Crippen LogP contribution >= 0.6 is 0 Å². The molecule has 6 heteroatoms. The minimum Gasteiger partial charge on any atom is -0.457 e. The van der Waals surface area contributed by atoms with Gasteiger partial charge in [-0.15, -0.1) is 0 Å². The summed E-state index contributed by atoms with van der Waals surface area (Å²) in [6.45, 7) is 9.39. The smallest absolute Gasteiger partial charge is 0.306 e. The molecule has 2 heterocycles. The van der Waals surface area contributed by atoms with Crippen LogP contribution in [0.1, 0.15) is 50.6 Å². The molecule has 2 aromatic heterocycles. The Hall–Kier alpha value is -3.02. The van der Waals surface area contributed by atoms with E-state index in [1.54, 1.807) is 4.52 Å². The van der Waals surface area contributed by atoms with Crippen molar-refractivity contribution in [3.63, 3.8) is 0 Å². The first-order valence-corrected chi connectivity index (χ1v) is 9.35. The van der Waals surface area contributed by atoms with Crippen LogP contribution in [0.15, 0.2) is 24.3 Å². The lowest BCUT2D eigenvalue weighted by Crippen LogP contribution is -2.16. The number of Topliss-reactive ketones (excluding diaryl/α,β-unsaturated/α-hetero) is 1. The van der Waals surface area contributed by atoms with Crippen LogP contribution < -0.4 is 0 Å². The second-order valence-electron chi connectivity index (χ2n) is 7.22.